The number of rotatable bonds is 12. The molecule has 0 saturated heterocycles. The van der Waals surface area contributed by atoms with Crippen molar-refractivity contribution in [2.75, 3.05) is 26.4 Å². The Balaban J connectivity index is 1.32. The third-order valence-corrected chi connectivity index (χ3v) is 13.2. The lowest BCUT2D eigenvalue weighted by Gasteiger charge is -2.61. The third kappa shape index (κ3) is 7.26. The summed E-state index contributed by atoms with van der Waals surface area (Å²) >= 11 is 0. The minimum absolute atomic E-state index is 0.0263. The molecule has 3 N–H and O–H groups in total. The second kappa shape index (κ2) is 12.9. The molecular formula is C32H58N2O5S. The quantitative estimate of drug-likeness (QED) is 0.261. The van der Waals surface area contributed by atoms with Gasteiger partial charge in [0.1, 0.15) is 5.75 Å². The van der Waals surface area contributed by atoms with E-state index in [4.69, 9.17) is 4.55 Å². The normalized spacial score (nSPS) is 38.1. The van der Waals surface area contributed by atoms with Crippen molar-refractivity contribution in [2.45, 2.75) is 123 Å². The van der Waals surface area contributed by atoms with E-state index < -0.39 is 22.0 Å². The van der Waals surface area contributed by atoms with Crippen LogP contribution in [0.2, 0.25) is 0 Å². The van der Waals surface area contributed by atoms with E-state index >= 15 is 0 Å². The summed E-state index contributed by atoms with van der Waals surface area (Å²) in [7, 11) is -0.378. The van der Waals surface area contributed by atoms with Gasteiger partial charge in [0.25, 0.3) is 10.1 Å². The average molecular weight is 583 g/mol. The summed E-state index contributed by atoms with van der Waals surface area (Å²) in [5.41, 5.74) is 0.964. The second-order valence-corrected chi connectivity index (χ2v) is 16.6. The summed E-state index contributed by atoms with van der Waals surface area (Å²) in [4.78, 5) is 15.0. The fraction of sp³-hybridized carbons (Fsp3) is 0.969. The van der Waals surface area contributed by atoms with Crippen LogP contribution in [0.5, 0.6) is 0 Å². The maximum Gasteiger partial charge on any atom is 0.267 e. The van der Waals surface area contributed by atoms with Crippen LogP contribution in [0.15, 0.2) is 0 Å². The van der Waals surface area contributed by atoms with Gasteiger partial charge in [-0.1, -0.05) is 33.6 Å². The summed E-state index contributed by atoms with van der Waals surface area (Å²) in [6.07, 6.45) is 14.9. The van der Waals surface area contributed by atoms with Crippen molar-refractivity contribution >= 4 is 16.0 Å². The number of hydrogen-bond acceptors (Lipinski definition) is 5. The minimum Gasteiger partial charge on any atom is -0.392 e. The van der Waals surface area contributed by atoms with E-state index in [2.05, 4.69) is 26.1 Å². The molecule has 0 bridgehead atoms. The smallest absolute Gasteiger partial charge is 0.267 e. The van der Waals surface area contributed by atoms with E-state index in [0.717, 1.165) is 30.1 Å². The van der Waals surface area contributed by atoms with Gasteiger partial charge >= 0.3 is 0 Å². The van der Waals surface area contributed by atoms with Gasteiger partial charge in [-0.15, -0.1) is 0 Å². The molecule has 0 aliphatic heterocycles. The number of aliphatic hydroxyl groups is 1. The lowest BCUT2D eigenvalue weighted by atomic mass is 9.44. The lowest BCUT2D eigenvalue weighted by Crippen LogP contribution is -2.53. The fourth-order valence-electron chi connectivity index (χ4n) is 10.4. The topological polar surface area (TPSA) is 107 Å². The van der Waals surface area contributed by atoms with Gasteiger partial charge in [0, 0.05) is 12.5 Å². The number of carbonyl (C=O) groups is 1. The van der Waals surface area contributed by atoms with Crippen LogP contribution in [0.4, 0.5) is 0 Å². The Bertz CT molecular complexity index is 972. The van der Waals surface area contributed by atoms with Crippen LogP contribution in [0, 0.1) is 46.3 Å². The Kier molecular flexibility index (Phi) is 10.4. The van der Waals surface area contributed by atoms with Crippen molar-refractivity contribution in [3.63, 3.8) is 0 Å². The Labute approximate surface area is 244 Å². The highest BCUT2D eigenvalue weighted by molar-refractivity contribution is 7.85. The zero-order chi connectivity index (χ0) is 29.3. The molecule has 0 spiro atoms. The summed E-state index contributed by atoms with van der Waals surface area (Å²) in [5, 5.41) is 13.3. The number of hydrogen-bond donors (Lipinski definition) is 3. The van der Waals surface area contributed by atoms with E-state index in [0.29, 0.717) is 42.1 Å². The van der Waals surface area contributed by atoms with Crippen LogP contribution in [0.1, 0.15) is 111 Å². The van der Waals surface area contributed by atoms with Crippen LogP contribution < -0.4 is 5.32 Å². The second-order valence-electron chi connectivity index (χ2n) is 15.1. The molecule has 0 heterocycles. The van der Waals surface area contributed by atoms with Gasteiger partial charge in [-0.25, -0.2) is 0 Å². The minimum atomic E-state index is -4.27. The number of amides is 1. The van der Waals surface area contributed by atoms with Gasteiger partial charge < -0.3 is 15.3 Å². The van der Waals surface area contributed by atoms with Crippen molar-refractivity contribution in [3.05, 3.63) is 0 Å². The van der Waals surface area contributed by atoms with Crippen molar-refractivity contribution in [1.29, 1.82) is 0 Å². The molecule has 0 radical (unpaired) electrons. The first kappa shape index (κ1) is 32.2. The zero-order valence-corrected chi connectivity index (χ0v) is 26.7. The van der Waals surface area contributed by atoms with Gasteiger partial charge in [0.05, 0.1) is 6.10 Å². The molecule has 4 aliphatic rings. The van der Waals surface area contributed by atoms with E-state index in [-0.39, 0.29) is 18.4 Å². The predicted molar refractivity (Wildman–Crippen MR) is 160 cm³/mol. The molecular weight excluding hydrogens is 524 g/mol. The van der Waals surface area contributed by atoms with E-state index in [1.165, 1.54) is 64.2 Å². The summed E-state index contributed by atoms with van der Waals surface area (Å²) in [5.74, 6) is 4.03. The monoisotopic (exact) mass is 582 g/mol. The van der Waals surface area contributed by atoms with Crippen molar-refractivity contribution in [1.82, 2.24) is 10.2 Å². The molecule has 4 fully saturated rings. The predicted octanol–water partition coefficient (Wildman–Crippen LogP) is 5.53. The van der Waals surface area contributed by atoms with Gasteiger partial charge in [0.2, 0.25) is 5.91 Å². The Hall–Kier alpha value is -0.700. The van der Waals surface area contributed by atoms with Gasteiger partial charge in [-0.05, 0) is 138 Å². The van der Waals surface area contributed by atoms with Crippen LogP contribution in [-0.2, 0) is 14.9 Å². The molecule has 7 nitrogen and oxygen atoms in total. The summed E-state index contributed by atoms with van der Waals surface area (Å²) in [6, 6.07) is -0.332. The van der Waals surface area contributed by atoms with Crippen molar-refractivity contribution in [2.24, 2.45) is 46.3 Å². The largest absolute Gasteiger partial charge is 0.392 e. The summed E-state index contributed by atoms with van der Waals surface area (Å²) in [6.45, 7) is 8.31. The van der Waals surface area contributed by atoms with Crippen LogP contribution in [-0.4, -0.2) is 67.4 Å². The number of carbonyl (C=O) groups excluding carboxylic acids is 1. The van der Waals surface area contributed by atoms with Crippen LogP contribution in [0.3, 0.4) is 0 Å². The maximum absolute atomic E-state index is 13.0. The highest BCUT2D eigenvalue weighted by Crippen LogP contribution is 2.68. The Morgan fingerprint density at radius 1 is 0.975 bits per heavy atom. The molecule has 4 aliphatic carbocycles. The molecule has 8 heteroatoms. The van der Waals surface area contributed by atoms with Gasteiger partial charge in [-0.3, -0.25) is 9.35 Å². The molecule has 4 rings (SSSR count). The first-order valence-corrected chi connectivity index (χ1v) is 17.9. The highest BCUT2D eigenvalue weighted by Gasteiger charge is 2.60. The highest BCUT2D eigenvalue weighted by atomic mass is 32.2. The molecule has 4 saturated carbocycles. The van der Waals surface area contributed by atoms with E-state index in [1.807, 2.05) is 19.0 Å². The first-order valence-electron chi connectivity index (χ1n) is 16.3. The Morgan fingerprint density at radius 2 is 1.70 bits per heavy atom. The van der Waals surface area contributed by atoms with E-state index in [9.17, 15) is 18.3 Å². The lowest BCUT2D eigenvalue weighted by molar-refractivity contribution is -0.123. The first-order chi connectivity index (χ1) is 18.7. The number of nitrogens with one attached hydrogen (secondary N) is 1. The zero-order valence-electron chi connectivity index (χ0n) is 25.9. The number of nitrogens with zero attached hydrogens (tertiary/aromatic N) is 1. The molecule has 0 aromatic heterocycles. The molecule has 0 aromatic carbocycles. The number of aliphatic hydroxyl groups excluding tert-OH is 1. The van der Waals surface area contributed by atoms with Gasteiger partial charge in [-0.2, -0.15) is 8.42 Å². The van der Waals surface area contributed by atoms with Gasteiger partial charge in [0.15, 0.2) is 0 Å². The molecule has 10 atom stereocenters. The molecule has 6 unspecified atom stereocenters. The Morgan fingerprint density at radius 3 is 2.40 bits per heavy atom. The standard InChI is InChI=1S/C32H58N2O5S/c1-22(9-14-30(36)33-24(16-19-34(4)5)20-25(35)21-40(37,38)39)27-12-13-28-26-11-10-23-8-6-7-17-31(23,2)29(26)15-18-32(27,28)3/h22-29,35H,6-21H2,1-5H3,(H,33,36)(H,37,38,39)/t22-,23?,24?,25?,26?,27-,28?,29?,31+,32-/m1/s1. The molecule has 40 heavy (non-hydrogen) atoms. The van der Waals surface area contributed by atoms with Crippen molar-refractivity contribution < 1.29 is 22.9 Å². The van der Waals surface area contributed by atoms with Crippen LogP contribution in [0.25, 0.3) is 0 Å². The van der Waals surface area contributed by atoms with Crippen molar-refractivity contribution in [3.8, 4) is 0 Å². The molecule has 232 valence electrons. The average Bonchev–Trinajstić information content (AvgIpc) is 3.21. The van der Waals surface area contributed by atoms with E-state index in [1.54, 1.807) is 0 Å². The third-order valence-electron chi connectivity index (χ3n) is 12.4. The summed E-state index contributed by atoms with van der Waals surface area (Å²) < 4.78 is 31.5. The fourth-order valence-corrected chi connectivity index (χ4v) is 11.1. The SMILES string of the molecule is C[C@H](CCC(=O)NC(CCN(C)C)CC(O)CS(=O)(=O)O)[C@H]1CCC2C3CCC4CCCC[C@]4(C)C3CC[C@@]21C. The number of fused-ring (bicyclic) bond motifs is 5. The van der Waals surface area contributed by atoms with Crippen LogP contribution >= 0.6 is 0 Å². The maximum atomic E-state index is 13.0. The molecule has 0 aromatic rings. The molecule has 1 amide bonds.